The fourth-order valence-electron chi connectivity index (χ4n) is 2.18. The van der Waals surface area contributed by atoms with E-state index in [1.54, 1.807) is 6.08 Å². The van der Waals surface area contributed by atoms with E-state index in [1.165, 1.54) is 12.3 Å². The molecule has 1 aromatic heterocycles. The summed E-state index contributed by atoms with van der Waals surface area (Å²) in [6, 6.07) is 0. The number of anilines is 1. The topological polar surface area (TPSA) is 124 Å². The maximum absolute atomic E-state index is 12.1. The Balaban J connectivity index is 2.04. The van der Waals surface area contributed by atoms with Crippen molar-refractivity contribution in [2.45, 2.75) is 5.72 Å². The van der Waals surface area contributed by atoms with Crippen molar-refractivity contribution in [2.75, 3.05) is 12.3 Å². The van der Waals surface area contributed by atoms with Gasteiger partial charge in [-0.3, -0.25) is 14.5 Å². The van der Waals surface area contributed by atoms with Gasteiger partial charge in [0.1, 0.15) is 0 Å². The molecule has 0 aromatic carbocycles. The van der Waals surface area contributed by atoms with Crippen LogP contribution < -0.4 is 11.1 Å². The molecule has 3 heterocycles. The molecule has 8 nitrogen and oxygen atoms in total. The van der Waals surface area contributed by atoms with E-state index in [0.29, 0.717) is 11.4 Å². The van der Waals surface area contributed by atoms with Crippen LogP contribution in [-0.4, -0.2) is 44.1 Å². The van der Waals surface area contributed by atoms with Crippen LogP contribution in [0.15, 0.2) is 22.5 Å². The maximum Gasteiger partial charge on any atom is 0.278 e. The van der Waals surface area contributed by atoms with Gasteiger partial charge in [0.15, 0.2) is 5.95 Å². The zero-order valence-corrected chi connectivity index (χ0v) is 11.6. The lowest BCUT2D eigenvalue weighted by Crippen LogP contribution is -2.61. The van der Waals surface area contributed by atoms with Gasteiger partial charge in [-0.15, -0.1) is 0 Å². The number of hydrogen-bond donors (Lipinski definition) is 4. The molecule has 2 aliphatic rings. The fourth-order valence-corrected chi connectivity index (χ4v) is 2.68. The number of nitrogen functional groups attached to an aromatic ring is 1. The number of fused-ring (bicyclic) bond motifs is 1. The normalized spacial score (nSPS) is 27.6. The molecule has 3 rings (SSSR count). The molecule has 1 aromatic rings. The second-order valence-corrected chi connectivity index (χ2v) is 5.26. The smallest absolute Gasteiger partial charge is 0.278 e. The van der Waals surface area contributed by atoms with E-state index in [0.717, 1.165) is 4.90 Å². The quantitative estimate of drug-likeness (QED) is 0.537. The highest BCUT2D eigenvalue weighted by Crippen LogP contribution is 2.35. The molecule has 0 radical (unpaired) electrons. The first-order valence-corrected chi connectivity index (χ1v) is 6.46. The lowest BCUT2D eigenvalue weighted by atomic mass is 10.1. The molecule has 2 aliphatic heterocycles. The number of halogens is 1. The van der Waals surface area contributed by atoms with Gasteiger partial charge in [-0.1, -0.05) is 0 Å². The number of amides is 2. The monoisotopic (exact) mass is 339 g/mol. The van der Waals surface area contributed by atoms with Crippen LogP contribution >= 0.6 is 15.9 Å². The van der Waals surface area contributed by atoms with Crippen LogP contribution in [0.3, 0.4) is 0 Å². The Morgan fingerprint density at radius 2 is 2.30 bits per heavy atom. The molecular formula is C11H10BrN5O3. The fraction of sp³-hybridized carbons (Fsp3) is 0.182. The number of imidazole rings is 1. The highest BCUT2D eigenvalue weighted by molar-refractivity contribution is 9.12. The number of nitrogens with one attached hydrogen (secondary N) is 2. The molecule has 0 spiro atoms. The Morgan fingerprint density at radius 1 is 1.55 bits per heavy atom. The lowest BCUT2D eigenvalue weighted by molar-refractivity contribution is -0.159. The first kappa shape index (κ1) is 12.9. The molecule has 1 atom stereocenters. The lowest BCUT2D eigenvalue weighted by Gasteiger charge is -2.37. The first-order valence-electron chi connectivity index (χ1n) is 5.66. The van der Waals surface area contributed by atoms with Crippen molar-refractivity contribution in [3.63, 3.8) is 0 Å². The number of nitrogens with two attached hydrogens (primary N) is 1. The number of carbonyl (C=O) groups is 2. The summed E-state index contributed by atoms with van der Waals surface area (Å²) in [4.78, 5) is 31.5. The SMILES string of the molecule is Nc1ncc(C=C2CNC(=O)C3(O)C=C(Br)C(=O)N23)[nH]1. The third-order valence-electron chi connectivity index (χ3n) is 3.06. The minimum atomic E-state index is -2.01. The number of H-pyrrole nitrogens is 1. The van der Waals surface area contributed by atoms with Crippen LogP contribution in [-0.2, 0) is 9.59 Å². The molecule has 2 amide bonds. The third-order valence-corrected chi connectivity index (χ3v) is 3.63. The molecular weight excluding hydrogens is 330 g/mol. The van der Waals surface area contributed by atoms with Crippen LogP contribution in [0.1, 0.15) is 5.69 Å². The second kappa shape index (κ2) is 4.18. The minimum absolute atomic E-state index is 0.111. The van der Waals surface area contributed by atoms with Gasteiger partial charge < -0.3 is 21.1 Å². The van der Waals surface area contributed by atoms with Crippen molar-refractivity contribution in [3.05, 3.63) is 28.1 Å². The summed E-state index contributed by atoms with van der Waals surface area (Å²) in [5.41, 5.74) is 4.45. The van der Waals surface area contributed by atoms with Crippen LogP contribution in [0.25, 0.3) is 6.08 Å². The number of rotatable bonds is 1. The van der Waals surface area contributed by atoms with Crippen molar-refractivity contribution in [1.29, 1.82) is 0 Å². The van der Waals surface area contributed by atoms with Crippen molar-refractivity contribution in [3.8, 4) is 0 Å². The number of piperazine rings is 1. The molecule has 1 saturated heterocycles. The standard InChI is InChI=1S/C11H10BrN5O3/c12-7-2-11(20)9(19)14-4-6(17(11)8(7)18)1-5-3-15-10(13)16-5/h1-3,20H,4H2,(H,14,19)(H3,13,15,16). The van der Waals surface area contributed by atoms with Crippen LogP contribution in [0, 0.1) is 0 Å². The Kier molecular flexibility index (Phi) is 2.69. The van der Waals surface area contributed by atoms with Crippen molar-refractivity contribution in [1.82, 2.24) is 20.2 Å². The van der Waals surface area contributed by atoms with Gasteiger partial charge in [0.25, 0.3) is 11.8 Å². The number of aromatic nitrogens is 2. The van der Waals surface area contributed by atoms with Crippen molar-refractivity contribution >= 4 is 39.8 Å². The van der Waals surface area contributed by atoms with Crippen LogP contribution in [0.2, 0.25) is 0 Å². The van der Waals surface area contributed by atoms with Gasteiger partial charge in [-0.25, -0.2) is 4.98 Å². The van der Waals surface area contributed by atoms with E-state index in [9.17, 15) is 14.7 Å². The highest BCUT2D eigenvalue weighted by Gasteiger charge is 2.53. The van der Waals surface area contributed by atoms with E-state index >= 15 is 0 Å². The summed E-state index contributed by atoms with van der Waals surface area (Å²) in [7, 11) is 0. The molecule has 1 fully saturated rings. The molecule has 104 valence electrons. The molecule has 0 bridgehead atoms. The molecule has 9 heteroatoms. The number of aliphatic hydroxyl groups is 1. The van der Waals surface area contributed by atoms with Gasteiger partial charge in [-0.05, 0) is 28.1 Å². The van der Waals surface area contributed by atoms with Gasteiger partial charge in [0.05, 0.1) is 22.9 Å². The number of carbonyl (C=O) groups excluding carboxylic acids is 2. The molecule has 0 aliphatic carbocycles. The highest BCUT2D eigenvalue weighted by atomic mass is 79.9. The summed E-state index contributed by atoms with van der Waals surface area (Å²) < 4.78 is 0.132. The molecule has 5 N–H and O–H groups in total. The number of aromatic amines is 1. The summed E-state index contributed by atoms with van der Waals surface area (Å²) in [5, 5.41) is 12.9. The maximum atomic E-state index is 12.1. The van der Waals surface area contributed by atoms with Gasteiger partial charge >= 0.3 is 0 Å². The van der Waals surface area contributed by atoms with Crippen molar-refractivity contribution < 1.29 is 14.7 Å². The Bertz CT molecular complexity index is 679. The van der Waals surface area contributed by atoms with Gasteiger partial charge in [0, 0.05) is 5.70 Å². The van der Waals surface area contributed by atoms with E-state index in [2.05, 4.69) is 31.2 Å². The average molecular weight is 340 g/mol. The summed E-state index contributed by atoms with van der Waals surface area (Å²) in [6.45, 7) is 0.111. The summed E-state index contributed by atoms with van der Waals surface area (Å²) in [6.07, 6.45) is 4.24. The van der Waals surface area contributed by atoms with Crippen LogP contribution in [0.5, 0.6) is 0 Å². The average Bonchev–Trinajstić information content (AvgIpc) is 2.88. The largest absolute Gasteiger partial charge is 0.369 e. The van der Waals surface area contributed by atoms with Gasteiger partial charge in [0.2, 0.25) is 5.72 Å². The predicted molar refractivity (Wildman–Crippen MR) is 72.8 cm³/mol. The summed E-state index contributed by atoms with van der Waals surface area (Å²) >= 11 is 3.04. The molecule has 1 unspecified atom stereocenters. The Labute approximate surface area is 121 Å². The van der Waals surface area contributed by atoms with E-state index in [-0.39, 0.29) is 17.0 Å². The number of nitrogens with zero attached hydrogens (tertiary/aromatic N) is 2. The van der Waals surface area contributed by atoms with Gasteiger partial charge in [-0.2, -0.15) is 0 Å². The predicted octanol–water partition coefficient (Wildman–Crippen LogP) is -0.728. The van der Waals surface area contributed by atoms with E-state index in [1.807, 2.05) is 0 Å². The third kappa shape index (κ3) is 1.74. The first-order chi connectivity index (χ1) is 9.41. The molecule has 0 saturated carbocycles. The van der Waals surface area contributed by atoms with Crippen LogP contribution in [0.4, 0.5) is 5.95 Å². The van der Waals surface area contributed by atoms with Crippen molar-refractivity contribution in [2.24, 2.45) is 0 Å². The zero-order chi connectivity index (χ0) is 14.5. The summed E-state index contributed by atoms with van der Waals surface area (Å²) in [5.74, 6) is -0.901. The number of hydrogen-bond acceptors (Lipinski definition) is 5. The zero-order valence-electron chi connectivity index (χ0n) is 10.1. The second-order valence-electron chi connectivity index (χ2n) is 4.40. The van der Waals surface area contributed by atoms with E-state index < -0.39 is 17.5 Å². The van der Waals surface area contributed by atoms with E-state index in [4.69, 9.17) is 5.73 Å². The Morgan fingerprint density at radius 3 is 2.95 bits per heavy atom. The molecule has 20 heavy (non-hydrogen) atoms. The Hall–Kier alpha value is -2.13. The minimum Gasteiger partial charge on any atom is -0.369 e.